The van der Waals surface area contributed by atoms with Crippen LogP contribution in [0.25, 0.3) is 0 Å². The zero-order valence-corrected chi connectivity index (χ0v) is 31.4. The van der Waals surface area contributed by atoms with E-state index in [1.165, 1.54) is 0 Å². The topological polar surface area (TPSA) is 194 Å². The largest absolute Gasteiger partial charge is 0.500 e. The minimum atomic E-state index is -1.19. The first kappa shape index (κ1) is 46.7. The van der Waals surface area contributed by atoms with Crippen molar-refractivity contribution in [1.29, 1.82) is 0 Å². The molecule has 15 heteroatoms. The highest BCUT2D eigenvalue weighted by molar-refractivity contribution is 5.79. The first-order chi connectivity index (χ1) is 23.9. The zero-order chi connectivity index (χ0) is 37.5. The Balaban J connectivity index is 5.27. The third-order valence-electron chi connectivity index (χ3n) is 6.79. The van der Waals surface area contributed by atoms with Crippen molar-refractivity contribution in [1.82, 2.24) is 31.9 Å². The standard InChI is InChI=1S/C35H66N6O9/c1-7-16-38-32(44)14-20-49-25-35(24-48-19-13-31(43)37-8-2,26-50-21-15-33(45)39-23-29(5)6)41-34(46)11-9-10-30(42)40-27-36-17-22-47-18-12-28(3)4/h12,18,28-29,36H,7-11,13-17,19-27H2,1-6H3,(H,37,43)(H,38,44)(H,39,45)(H,40,42)(H,41,46)/b18-12+. The number of carbonyl (C=O) groups is 5. The Bertz CT molecular complexity index is 980. The summed E-state index contributed by atoms with van der Waals surface area (Å²) < 4.78 is 23.0. The van der Waals surface area contributed by atoms with Crippen molar-refractivity contribution < 1.29 is 42.9 Å². The van der Waals surface area contributed by atoms with Crippen LogP contribution in [0.15, 0.2) is 12.3 Å². The van der Waals surface area contributed by atoms with Crippen molar-refractivity contribution in [2.45, 2.75) is 92.0 Å². The van der Waals surface area contributed by atoms with Crippen molar-refractivity contribution in [2.24, 2.45) is 11.8 Å². The van der Waals surface area contributed by atoms with Crippen LogP contribution in [-0.2, 0) is 42.9 Å². The lowest BCUT2D eigenvalue weighted by molar-refractivity contribution is -0.131. The van der Waals surface area contributed by atoms with E-state index in [1.54, 1.807) is 6.26 Å². The molecule has 1 atom stereocenters. The first-order valence-electron chi connectivity index (χ1n) is 18.0. The van der Waals surface area contributed by atoms with Crippen LogP contribution in [0.2, 0.25) is 0 Å². The molecule has 6 N–H and O–H groups in total. The molecule has 0 saturated carbocycles. The smallest absolute Gasteiger partial charge is 0.222 e. The van der Waals surface area contributed by atoms with Crippen molar-refractivity contribution >= 4 is 29.5 Å². The van der Waals surface area contributed by atoms with E-state index in [1.807, 2.05) is 33.8 Å². The molecule has 0 radical (unpaired) electrons. The molecule has 0 aromatic heterocycles. The van der Waals surface area contributed by atoms with Crippen LogP contribution in [0.5, 0.6) is 0 Å². The number of hydrogen-bond donors (Lipinski definition) is 6. The van der Waals surface area contributed by atoms with Gasteiger partial charge in [0.05, 0.1) is 59.2 Å². The second-order valence-corrected chi connectivity index (χ2v) is 12.8. The molecule has 0 aromatic rings. The van der Waals surface area contributed by atoms with Crippen LogP contribution in [0, 0.1) is 11.8 Å². The van der Waals surface area contributed by atoms with Gasteiger partial charge < -0.3 is 45.5 Å². The predicted octanol–water partition coefficient (Wildman–Crippen LogP) is 1.52. The molecule has 0 heterocycles. The Kier molecular flexibility index (Phi) is 28.5. The van der Waals surface area contributed by atoms with Crippen molar-refractivity contribution in [3.63, 3.8) is 0 Å². The fourth-order valence-electron chi connectivity index (χ4n) is 4.09. The molecule has 0 aliphatic rings. The van der Waals surface area contributed by atoms with E-state index in [4.69, 9.17) is 18.9 Å². The van der Waals surface area contributed by atoms with Gasteiger partial charge in [0.1, 0.15) is 5.54 Å². The van der Waals surface area contributed by atoms with Gasteiger partial charge in [0, 0.05) is 58.3 Å². The summed E-state index contributed by atoms with van der Waals surface area (Å²) in [6, 6.07) is 0. The second-order valence-electron chi connectivity index (χ2n) is 12.8. The van der Waals surface area contributed by atoms with Gasteiger partial charge in [-0.3, -0.25) is 29.3 Å². The maximum atomic E-state index is 13.2. The molecular formula is C35H66N6O9. The van der Waals surface area contributed by atoms with E-state index in [9.17, 15) is 24.0 Å². The van der Waals surface area contributed by atoms with Gasteiger partial charge in [-0.15, -0.1) is 0 Å². The van der Waals surface area contributed by atoms with Crippen molar-refractivity contribution in [3.05, 3.63) is 12.3 Å². The highest BCUT2D eigenvalue weighted by atomic mass is 16.5. The molecule has 15 nitrogen and oxygen atoms in total. The van der Waals surface area contributed by atoms with Gasteiger partial charge in [0.25, 0.3) is 0 Å². The molecule has 5 amide bonds. The van der Waals surface area contributed by atoms with E-state index in [0.29, 0.717) is 51.0 Å². The maximum absolute atomic E-state index is 13.2. The van der Waals surface area contributed by atoms with E-state index in [0.717, 1.165) is 6.42 Å². The molecule has 0 rings (SSSR count). The fraction of sp³-hybridized carbons (Fsp3) is 0.800. The minimum absolute atomic E-state index is 0.0502. The Morgan fingerprint density at radius 3 is 1.72 bits per heavy atom. The highest BCUT2D eigenvalue weighted by Crippen LogP contribution is 2.12. The van der Waals surface area contributed by atoms with Crippen LogP contribution >= 0.6 is 0 Å². The summed E-state index contributed by atoms with van der Waals surface area (Å²) in [5, 5.41) is 17.2. The molecular weight excluding hydrogens is 648 g/mol. The predicted molar refractivity (Wildman–Crippen MR) is 192 cm³/mol. The van der Waals surface area contributed by atoms with Gasteiger partial charge in [0.2, 0.25) is 29.5 Å². The van der Waals surface area contributed by atoms with Crippen molar-refractivity contribution in [3.8, 4) is 0 Å². The molecule has 0 bridgehead atoms. The highest BCUT2D eigenvalue weighted by Gasteiger charge is 2.34. The maximum Gasteiger partial charge on any atom is 0.222 e. The van der Waals surface area contributed by atoms with Crippen molar-refractivity contribution in [2.75, 3.05) is 79.1 Å². The van der Waals surface area contributed by atoms with Crippen LogP contribution in [0.1, 0.15) is 86.5 Å². The van der Waals surface area contributed by atoms with Crippen LogP contribution in [0.3, 0.4) is 0 Å². The second kappa shape index (κ2) is 30.5. The lowest BCUT2D eigenvalue weighted by atomic mass is 10.0. The number of hydrogen-bond acceptors (Lipinski definition) is 10. The Labute approximate surface area is 299 Å². The molecule has 0 aromatic carbocycles. The minimum Gasteiger partial charge on any atom is -0.500 e. The number of ether oxygens (including phenoxy) is 4. The third-order valence-corrected chi connectivity index (χ3v) is 6.79. The number of carbonyl (C=O) groups excluding carboxylic acids is 5. The summed E-state index contributed by atoms with van der Waals surface area (Å²) in [6.45, 7) is 15.0. The van der Waals surface area contributed by atoms with Gasteiger partial charge in [-0.25, -0.2) is 0 Å². The van der Waals surface area contributed by atoms with Crippen LogP contribution in [0.4, 0.5) is 0 Å². The van der Waals surface area contributed by atoms with Gasteiger partial charge in [-0.05, 0) is 37.7 Å². The zero-order valence-electron chi connectivity index (χ0n) is 31.4. The van der Waals surface area contributed by atoms with Crippen LogP contribution in [-0.4, -0.2) is 114 Å². The number of nitrogens with one attached hydrogen (secondary N) is 6. The summed E-state index contributed by atoms with van der Waals surface area (Å²) in [4.78, 5) is 61.8. The number of allylic oxidation sites excluding steroid dienone is 1. The summed E-state index contributed by atoms with van der Waals surface area (Å²) in [7, 11) is 0. The van der Waals surface area contributed by atoms with Gasteiger partial charge in [-0.1, -0.05) is 34.6 Å². The van der Waals surface area contributed by atoms with E-state index in [-0.39, 0.29) is 108 Å². The lowest BCUT2D eigenvalue weighted by Crippen LogP contribution is -2.58. The SMILES string of the molecule is CCCNC(=O)CCOCC(COCCC(=O)NCC)(COCCC(=O)NCC(C)C)NC(=O)CCCC(=O)NCNCCO/C=C/C(C)C. The fourth-order valence-corrected chi connectivity index (χ4v) is 4.09. The lowest BCUT2D eigenvalue weighted by Gasteiger charge is -2.34. The molecule has 290 valence electrons. The van der Waals surface area contributed by atoms with E-state index in [2.05, 4.69) is 45.7 Å². The molecule has 0 spiro atoms. The first-order valence-corrected chi connectivity index (χ1v) is 18.0. The monoisotopic (exact) mass is 714 g/mol. The van der Waals surface area contributed by atoms with Gasteiger partial charge in [-0.2, -0.15) is 0 Å². The Hall–Kier alpha value is -3.27. The normalized spacial score (nSPS) is 12.5. The molecule has 0 aliphatic heterocycles. The summed E-state index contributed by atoms with van der Waals surface area (Å²) >= 11 is 0. The molecule has 0 saturated heterocycles. The molecule has 0 fully saturated rings. The Morgan fingerprint density at radius 2 is 1.18 bits per heavy atom. The average Bonchev–Trinajstić information content (AvgIpc) is 3.06. The van der Waals surface area contributed by atoms with Gasteiger partial charge in [0.15, 0.2) is 0 Å². The average molecular weight is 715 g/mol. The molecule has 1 unspecified atom stereocenters. The number of rotatable bonds is 32. The Morgan fingerprint density at radius 1 is 0.640 bits per heavy atom. The molecule has 0 aliphatic carbocycles. The van der Waals surface area contributed by atoms with Gasteiger partial charge >= 0.3 is 0 Å². The quantitative estimate of drug-likeness (QED) is 0.0338. The summed E-state index contributed by atoms with van der Waals surface area (Å²) in [5.74, 6) is -0.293. The third kappa shape index (κ3) is 28.6. The number of amides is 5. The van der Waals surface area contributed by atoms with E-state index < -0.39 is 5.54 Å². The van der Waals surface area contributed by atoms with E-state index >= 15 is 0 Å². The summed E-state index contributed by atoms with van der Waals surface area (Å²) in [6.07, 6.45) is 5.30. The molecule has 50 heavy (non-hydrogen) atoms. The van der Waals surface area contributed by atoms with Crippen LogP contribution < -0.4 is 31.9 Å². The summed E-state index contributed by atoms with van der Waals surface area (Å²) in [5.41, 5.74) is -1.19.